The summed E-state index contributed by atoms with van der Waals surface area (Å²) in [5.41, 5.74) is 4.76. The summed E-state index contributed by atoms with van der Waals surface area (Å²) in [5, 5.41) is 13.4. The van der Waals surface area contributed by atoms with Gasteiger partial charge in [0.05, 0.1) is 12.9 Å². The number of benzene rings is 2. The number of fused-ring (bicyclic) bond motifs is 1. The molecule has 0 aliphatic carbocycles. The van der Waals surface area contributed by atoms with Gasteiger partial charge in [0.15, 0.2) is 11.0 Å². The molecule has 8 heteroatoms. The molecule has 2 heterocycles. The molecule has 154 valence electrons. The van der Waals surface area contributed by atoms with Gasteiger partial charge in [-0.25, -0.2) is 0 Å². The number of carbonyl (C=O) groups excluding carboxylic acids is 1. The Morgan fingerprint density at radius 3 is 2.80 bits per heavy atom. The molecular weight excluding hydrogens is 398 g/mol. The molecule has 0 aliphatic rings. The molecule has 0 radical (unpaired) electrons. The lowest BCUT2D eigenvalue weighted by molar-refractivity contribution is -0.113. The second-order valence-corrected chi connectivity index (χ2v) is 8.03. The second kappa shape index (κ2) is 8.23. The molecule has 0 atom stereocenters. The van der Waals surface area contributed by atoms with Gasteiger partial charge in [0.25, 0.3) is 0 Å². The summed E-state index contributed by atoms with van der Waals surface area (Å²) in [4.78, 5) is 15.8. The predicted molar refractivity (Wildman–Crippen MR) is 120 cm³/mol. The van der Waals surface area contributed by atoms with Crippen LogP contribution in [0.25, 0.3) is 22.3 Å². The average molecular weight is 422 g/mol. The Bertz CT molecular complexity index is 1230. The number of para-hydroxylation sites is 1. The Morgan fingerprint density at radius 2 is 2.00 bits per heavy atom. The fourth-order valence-corrected chi connectivity index (χ4v) is 4.10. The van der Waals surface area contributed by atoms with Gasteiger partial charge in [-0.15, -0.1) is 10.2 Å². The van der Waals surface area contributed by atoms with Crippen LogP contribution in [0.5, 0.6) is 5.75 Å². The van der Waals surface area contributed by atoms with E-state index in [0.717, 1.165) is 44.9 Å². The number of hydrogen-bond donors (Lipinski definition) is 2. The SMILES string of the molecule is COc1cc(C)c(NC(=O)CSc2nnc(-c3c[nH]c4ccccc34)n2C)cc1C. The van der Waals surface area contributed by atoms with Crippen LogP contribution >= 0.6 is 11.8 Å². The Balaban J connectivity index is 1.46. The quantitative estimate of drug-likeness (QED) is 0.453. The van der Waals surface area contributed by atoms with E-state index in [4.69, 9.17) is 4.74 Å². The Kier molecular flexibility index (Phi) is 5.50. The fraction of sp³-hybridized carbons (Fsp3) is 0.227. The number of aromatic amines is 1. The molecule has 0 aliphatic heterocycles. The highest BCUT2D eigenvalue weighted by Crippen LogP contribution is 2.29. The van der Waals surface area contributed by atoms with Crippen molar-refractivity contribution in [3.05, 3.63) is 53.7 Å². The van der Waals surface area contributed by atoms with E-state index >= 15 is 0 Å². The second-order valence-electron chi connectivity index (χ2n) is 7.09. The van der Waals surface area contributed by atoms with Crippen LogP contribution in [-0.4, -0.2) is 38.5 Å². The van der Waals surface area contributed by atoms with Gasteiger partial charge >= 0.3 is 0 Å². The van der Waals surface area contributed by atoms with Crippen molar-refractivity contribution in [2.24, 2.45) is 7.05 Å². The van der Waals surface area contributed by atoms with Gasteiger partial charge < -0.3 is 19.6 Å². The molecule has 0 fully saturated rings. The highest BCUT2D eigenvalue weighted by molar-refractivity contribution is 7.99. The number of methoxy groups -OCH3 is 1. The highest BCUT2D eigenvalue weighted by Gasteiger charge is 2.16. The van der Waals surface area contributed by atoms with E-state index in [1.807, 2.05) is 62.0 Å². The van der Waals surface area contributed by atoms with Crippen molar-refractivity contribution in [2.45, 2.75) is 19.0 Å². The van der Waals surface area contributed by atoms with Crippen molar-refractivity contribution < 1.29 is 9.53 Å². The number of hydrogen-bond acceptors (Lipinski definition) is 5. The molecule has 4 rings (SSSR count). The number of amides is 1. The zero-order valence-corrected chi connectivity index (χ0v) is 18.1. The molecule has 2 aromatic heterocycles. The van der Waals surface area contributed by atoms with Crippen LogP contribution in [0, 0.1) is 13.8 Å². The minimum absolute atomic E-state index is 0.0932. The van der Waals surface area contributed by atoms with E-state index in [2.05, 4.69) is 26.6 Å². The molecule has 0 saturated heterocycles. The van der Waals surface area contributed by atoms with Crippen molar-refractivity contribution in [2.75, 3.05) is 18.2 Å². The molecule has 7 nitrogen and oxygen atoms in total. The van der Waals surface area contributed by atoms with Crippen LogP contribution in [0.15, 0.2) is 47.8 Å². The Hall–Kier alpha value is -3.26. The van der Waals surface area contributed by atoms with E-state index in [1.54, 1.807) is 7.11 Å². The molecule has 1 amide bonds. The first kappa shape index (κ1) is 20.0. The Morgan fingerprint density at radius 1 is 1.20 bits per heavy atom. The molecule has 0 unspecified atom stereocenters. The Labute approximate surface area is 178 Å². The van der Waals surface area contributed by atoms with Crippen LogP contribution in [0.1, 0.15) is 11.1 Å². The monoisotopic (exact) mass is 421 g/mol. The van der Waals surface area contributed by atoms with Gasteiger partial charge in [-0.05, 0) is 43.2 Å². The van der Waals surface area contributed by atoms with Crippen molar-refractivity contribution in [3.63, 3.8) is 0 Å². The van der Waals surface area contributed by atoms with E-state index in [1.165, 1.54) is 11.8 Å². The smallest absolute Gasteiger partial charge is 0.234 e. The molecule has 0 spiro atoms. The van der Waals surface area contributed by atoms with Crippen LogP contribution in [0.4, 0.5) is 5.69 Å². The van der Waals surface area contributed by atoms with Crippen molar-refractivity contribution in [3.8, 4) is 17.1 Å². The minimum Gasteiger partial charge on any atom is -0.496 e. The first-order valence-corrected chi connectivity index (χ1v) is 10.5. The van der Waals surface area contributed by atoms with Crippen LogP contribution in [0.2, 0.25) is 0 Å². The van der Waals surface area contributed by atoms with Crippen LogP contribution in [-0.2, 0) is 11.8 Å². The van der Waals surface area contributed by atoms with E-state index in [-0.39, 0.29) is 11.7 Å². The fourth-order valence-electron chi connectivity index (χ4n) is 3.39. The third-order valence-corrected chi connectivity index (χ3v) is 6.03. The molecular formula is C22H23N5O2S. The number of H-pyrrole nitrogens is 1. The number of aryl methyl sites for hydroxylation is 2. The molecule has 0 saturated carbocycles. The maximum Gasteiger partial charge on any atom is 0.234 e. The van der Waals surface area contributed by atoms with Crippen molar-refractivity contribution in [1.29, 1.82) is 0 Å². The normalized spacial score (nSPS) is 11.1. The summed E-state index contributed by atoms with van der Waals surface area (Å²) in [6.07, 6.45) is 1.94. The summed E-state index contributed by atoms with van der Waals surface area (Å²) in [6, 6.07) is 11.9. The number of carbonyl (C=O) groups is 1. The van der Waals surface area contributed by atoms with Crippen molar-refractivity contribution in [1.82, 2.24) is 19.7 Å². The molecule has 2 N–H and O–H groups in total. The molecule has 2 aromatic carbocycles. The number of nitrogens with one attached hydrogen (secondary N) is 2. The third-order valence-electron chi connectivity index (χ3n) is 5.01. The lowest BCUT2D eigenvalue weighted by Gasteiger charge is -2.12. The third kappa shape index (κ3) is 3.78. The molecule has 30 heavy (non-hydrogen) atoms. The first-order valence-electron chi connectivity index (χ1n) is 9.51. The topological polar surface area (TPSA) is 84.8 Å². The predicted octanol–water partition coefficient (Wildman–Crippen LogP) is 4.32. The number of nitrogens with zero attached hydrogens (tertiary/aromatic N) is 3. The zero-order chi connectivity index (χ0) is 21.3. The number of anilines is 1. The molecule has 0 bridgehead atoms. The summed E-state index contributed by atoms with van der Waals surface area (Å²) in [6.45, 7) is 3.90. The van der Waals surface area contributed by atoms with Gasteiger partial charge in [-0.2, -0.15) is 0 Å². The van der Waals surface area contributed by atoms with Crippen LogP contribution < -0.4 is 10.1 Å². The number of ether oxygens (including phenoxy) is 1. The summed E-state index contributed by atoms with van der Waals surface area (Å²) >= 11 is 1.36. The van der Waals surface area contributed by atoms with Gasteiger partial charge in [0.2, 0.25) is 5.91 Å². The maximum absolute atomic E-state index is 12.5. The van der Waals surface area contributed by atoms with Gasteiger partial charge in [-0.3, -0.25) is 4.79 Å². The first-order chi connectivity index (χ1) is 14.5. The maximum atomic E-state index is 12.5. The van der Waals surface area contributed by atoms with E-state index < -0.39 is 0 Å². The van der Waals surface area contributed by atoms with E-state index in [0.29, 0.717) is 5.16 Å². The molecule has 4 aromatic rings. The van der Waals surface area contributed by atoms with Gasteiger partial charge in [0.1, 0.15) is 5.75 Å². The van der Waals surface area contributed by atoms with E-state index in [9.17, 15) is 4.79 Å². The van der Waals surface area contributed by atoms with Crippen LogP contribution in [0.3, 0.4) is 0 Å². The largest absolute Gasteiger partial charge is 0.496 e. The highest BCUT2D eigenvalue weighted by atomic mass is 32.2. The standard InChI is InChI=1S/C22H23N5O2S/c1-13-10-19(29-4)14(2)9-18(13)24-20(28)12-30-22-26-25-21(27(22)3)16-11-23-17-8-6-5-7-15(16)17/h5-11,23H,12H2,1-4H3,(H,24,28). The number of aromatic nitrogens is 4. The van der Waals surface area contributed by atoms with Gasteiger partial charge in [-0.1, -0.05) is 30.0 Å². The average Bonchev–Trinajstić information content (AvgIpc) is 3.32. The van der Waals surface area contributed by atoms with Crippen molar-refractivity contribution >= 4 is 34.3 Å². The zero-order valence-electron chi connectivity index (χ0n) is 17.3. The minimum atomic E-state index is -0.0932. The summed E-state index contributed by atoms with van der Waals surface area (Å²) < 4.78 is 7.24. The summed E-state index contributed by atoms with van der Waals surface area (Å²) in [5.74, 6) is 1.72. The van der Waals surface area contributed by atoms with Gasteiger partial charge in [0, 0.05) is 35.4 Å². The summed E-state index contributed by atoms with van der Waals surface area (Å²) in [7, 11) is 3.55. The lowest BCUT2D eigenvalue weighted by atomic mass is 10.1. The lowest BCUT2D eigenvalue weighted by Crippen LogP contribution is -2.15. The number of rotatable bonds is 6. The number of thioether (sulfide) groups is 1.